The summed E-state index contributed by atoms with van der Waals surface area (Å²) in [5, 5.41) is 10.3. The van der Waals surface area contributed by atoms with Crippen LogP contribution >= 0.6 is 11.6 Å². The van der Waals surface area contributed by atoms with Crippen LogP contribution in [-0.4, -0.2) is 37.8 Å². The lowest BCUT2D eigenvalue weighted by Gasteiger charge is -2.35. The number of hydrogen-bond donors (Lipinski definition) is 0. The van der Waals surface area contributed by atoms with E-state index >= 15 is 0 Å². The molecule has 4 rings (SSSR count). The molecule has 0 atom stereocenters. The third-order valence-corrected chi connectivity index (χ3v) is 5.32. The number of nitrogens with zero attached hydrogens (tertiary/aromatic N) is 4. The predicted octanol–water partition coefficient (Wildman–Crippen LogP) is 5.10. The number of piperazine rings is 1. The quantitative estimate of drug-likeness (QED) is 0.538. The van der Waals surface area contributed by atoms with Crippen molar-refractivity contribution >= 4 is 35.3 Å². The Hall–Kier alpha value is -3.43. The molecule has 0 saturated carbocycles. The Labute approximate surface area is 186 Å². The summed E-state index contributed by atoms with van der Waals surface area (Å²) in [6.07, 6.45) is 3.69. The van der Waals surface area contributed by atoms with Crippen molar-refractivity contribution in [3.8, 4) is 11.8 Å². The third kappa shape index (κ3) is 5.01. The highest BCUT2D eigenvalue weighted by Gasteiger charge is 2.24. The molecule has 0 aliphatic carbocycles. The zero-order valence-electron chi connectivity index (χ0n) is 17.3. The molecule has 1 aromatic heterocycles. The van der Waals surface area contributed by atoms with Gasteiger partial charge in [0.25, 0.3) is 0 Å². The van der Waals surface area contributed by atoms with Crippen LogP contribution in [0, 0.1) is 11.3 Å². The fourth-order valence-corrected chi connectivity index (χ4v) is 3.72. The van der Waals surface area contributed by atoms with Gasteiger partial charge in [0.2, 0.25) is 17.5 Å². The lowest BCUT2D eigenvalue weighted by molar-refractivity contribution is 0.340. The summed E-state index contributed by atoms with van der Waals surface area (Å²) in [5.41, 5.74) is 2.41. The summed E-state index contributed by atoms with van der Waals surface area (Å²) in [6, 6.07) is 17.8. The number of oxazole rings is 1. The van der Waals surface area contributed by atoms with Crippen molar-refractivity contribution in [2.75, 3.05) is 42.6 Å². The van der Waals surface area contributed by atoms with Crippen molar-refractivity contribution in [2.24, 2.45) is 0 Å². The molecule has 158 valence electrons. The number of hydrogen-bond acceptors (Lipinski definition) is 6. The lowest BCUT2D eigenvalue weighted by Crippen LogP contribution is -2.46. The van der Waals surface area contributed by atoms with E-state index in [4.69, 9.17) is 20.8 Å². The van der Waals surface area contributed by atoms with Crippen LogP contribution in [0.4, 0.5) is 11.6 Å². The molecule has 0 amide bonds. The summed E-state index contributed by atoms with van der Waals surface area (Å²) in [4.78, 5) is 8.69. The van der Waals surface area contributed by atoms with Crippen molar-refractivity contribution < 1.29 is 9.15 Å². The Kier molecular flexibility index (Phi) is 6.44. The van der Waals surface area contributed by atoms with Crippen LogP contribution in [0.2, 0.25) is 5.02 Å². The first-order valence-electron chi connectivity index (χ1n) is 10.2. The first-order chi connectivity index (χ1) is 15.2. The second-order valence-corrected chi connectivity index (χ2v) is 7.54. The molecule has 3 aromatic rings. The van der Waals surface area contributed by atoms with Crippen LogP contribution in [-0.2, 0) is 0 Å². The number of nitriles is 1. The number of anilines is 2. The maximum absolute atomic E-state index is 9.53. The van der Waals surface area contributed by atoms with E-state index in [1.165, 1.54) is 0 Å². The minimum absolute atomic E-state index is 0.308. The summed E-state index contributed by atoms with van der Waals surface area (Å²) in [6.45, 7) is 5.68. The summed E-state index contributed by atoms with van der Waals surface area (Å²) in [7, 11) is 0. The van der Waals surface area contributed by atoms with Crippen LogP contribution in [0.1, 0.15) is 24.1 Å². The van der Waals surface area contributed by atoms with Gasteiger partial charge in [0, 0.05) is 43.0 Å². The molecule has 0 spiro atoms. The van der Waals surface area contributed by atoms with Crippen LogP contribution in [0.25, 0.3) is 12.2 Å². The van der Waals surface area contributed by atoms with Crippen LogP contribution in [0.3, 0.4) is 0 Å². The van der Waals surface area contributed by atoms with Gasteiger partial charge < -0.3 is 19.0 Å². The van der Waals surface area contributed by atoms with Gasteiger partial charge in [0.15, 0.2) is 0 Å². The molecule has 6 nitrogen and oxygen atoms in total. The molecule has 2 heterocycles. The highest BCUT2D eigenvalue weighted by Crippen LogP contribution is 2.26. The summed E-state index contributed by atoms with van der Waals surface area (Å²) >= 11 is 6.12. The molecule has 1 fully saturated rings. The van der Waals surface area contributed by atoms with Crippen LogP contribution < -0.4 is 14.5 Å². The molecule has 31 heavy (non-hydrogen) atoms. The Morgan fingerprint density at radius 1 is 1.10 bits per heavy atom. The number of halogens is 1. The van der Waals surface area contributed by atoms with Crippen molar-refractivity contribution in [1.82, 2.24) is 4.98 Å². The Bertz CT molecular complexity index is 1090. The van der Waals surface area contributed by atoms with Gasteiger partial charge in [0.05, 0.1) is 6.61 Å². The van der Waals surface area contributed by atoms with Gasteiger partial charge in [-0.15, -0.1) is 0 Å². The monoisotopic (exact) mass is 434 g/mol. The second-order valence-electron chi connectivity index (χ2n) is 7.11. The molecule has 0 unspecified atom stereocenters. The van der Waals surface area contributed by atoms with Crippen molar-refractivity contribution in [2.45, 2.75) is 6.92 Å². The van der Waals surface area contributed by atoms with Gasteiger partial charge in [0.1, 0.15) is 11.8 Å². The van der Waals surface area contributed by atoms with E-state index in [0.29, 0.717) is 24.1 Å². The van der Waals surface area contributed by atoms with Gasteiger partial charge in [-0.1, -0.05) is 29.8 Å². The van der Waals surface area contributed by atoms with Crippen molar-refractivity contribution in [1.29, 1.82) is 5.26 Å². The molecule has 1 saturated heterocycles. The summed E-state index contributed by atoms with van der Waals surface area (Å²) < 4.78 is 11.4. The zero-order chi connectivity index (χ0) is 21.6. The van der Waals surface area contributed by atoms with Gasteiger partial charge in [-0.05, 0) is 48.9 Å². The maximum Gasteiger partial charge on any atom is 0.235 e. The fraction of sp³-hybridized carbons (Fsp3) is 0.250. The van der Waals surface area contributed by atoms with E-state index in [2.05, 4.69) is 26.9 Å². The summed E-state index contributed by atoms with van der Waals surface area (Å²) in [5.74, 6) is 1.78. The first kappa shape index (κ1) is 20.8. The Balaban J connectivity index is 1.43. The van der Waals surface area contributed by atoms with Gasteiger partial charge in [-0.2, -0.15) is 10.2 Å². The van der Waals surface area contributed by atoms with Crippen LogP contribution in [0.5, 0.6) is 5.75 Å². The largest absolute Gasteiger partial charge is 0.494 e. The average Bonchev–Trinajstić information content (AvgIpc) is 3.22. The fourth-order valence-electron chi connectivity index (χ4n) is 3.54. The minimum Gasteiger partial charge on any atom is -0.494 e. The molecule has 0 bridgehead atoms. The van der Waals surface area contributed by atoms with Gasteiger partial charge in [-0.25, -0.2) is 0 Å². The molecule has 0 radical (unpaired) electrons. The normalized spacial score (nSPS) is 14.1. The van der Waals surface area contributed by atoms with E-state index in [0.717, 1.165) is 48.2 Å². The average molecular weight is 435 g/mol. The SMILES string of the molecule is CCOc1ccc(/C=C/c2nc(C#N)c(N3CCN(c4cccc(Cl)c4)CC3)o2)cc1. The molecular formula is C24H23ClN4O2. The topological polar surface area (TPSA) is 65.5 Å². The molecule has 1 aliphatic rings. The second kappa shape index (κ2) is 9.59. The first-order valence-corrected chi connectivity index (χ1v) is 10.6. The number of ether oxygens (including phenoxy) is 1. The molecule has 2 aromatic carbocycles. The molecule has 0 N–H and O–H groups in total. The Morgan fingerprint density at radius 2 is 1.84 bits per heavy atom. The molecule has 7 heteroatoms. The lowest BCUT2D eigenvalue weighted by atomic mass is 10.2. The van der Waals surface area contributed by atoms with Gasteiger partial charge >= 0.3 is 0 Å². The standard InChI is InChI=1S/C24H23ClN4O2/c1-2-30-21-9-6-18(7-10-21)8-11-23-27-22(17-26)24(31-23)29-14-12-28(13-15-29)20-5-3-4-19(25)16-20/h3-11,16H,2,12-15H2,1H3/b11-8+. The highest BCUT2D eigenvalue weighted by atomic mass is 35.5. The molecular weight excluding hydrogens is 412 g/mol. The predicted molar refractivity (Wildman–Crippen MR) is 124 cm³/mol. The van der Waals surface area contributed by atoms with Crippen LogP contribution in [0.15, 0.2) is 52.9 Å². The Morgan fingerprint density at radius 3 is 2.52 bits per heavy atom. The van der Waals surface area contributed by atoms with E-state index in [1.807, 2.05) is 55.5 Å². The van der Waals surface area contributed by atoms with E-state index in [1.54, 1.807) is 6.08 Å². The number of rotatable bonds is 6. The molecule has 1 aliphatic heterocycles. The number of benzene rings is 2. The van der Waals surface area contributed by atoms with Crippen molar-refractivity contribution in [3.05, 3.63) is 70.7 Å². The number of aromatic nitrogens is 1. The highest BCUT2D eigenvalue weighted by molar-refractivity contribution is 6.30. The minimum atomic E-state index is 0.308. The van der Waals surface area contributed by atoms with Gasteiger partial charge in [-0.3, -0.25) is 0 Å². The smallest absolute Gasteiger partial charge is 0.235 e. The van der Waals surface area contributed by atoms with E-state index in [-0.39, 0.29) is 0 Å². The van der Waals surface area contributed by atoms with E-state index < -0.39 is 0 Å². The maximum atomic E-state index is 9.53. The zero-order valence-corrected chi connectivity index (χ0v) is 18.0. The van der Waals surface area contributed by atoms with Crippen molar-refractivity contribution in [3.63, 3.8) is 0 Å². The third-order valence-electron chi connectivity index (χ3n) is 5.08. The van der Waals surface area contributed by atoms with E-state index in [9.17, 15) is 5.26 Å².